The van der Waals surface area contributed by atoms with Crippen molar-refractivity contribution in [1.82, 2.24) is 5.32 Å². The molecule has 0 amide bonds. The van der Waals surface area contributed by atoms with Gasteiger partial charge in [-0.05, 0) is 37.2 Å². The summed E-state index contributed by atoms with van der Waals surface area (Å²) in [4.78, 5) is 0. The van der Waals surface area contributed by atoms with Crippen LogP contribution in [-0.4, -0.2) is 31.4 Å². The zero-order valence-electron chi connectivity index (χ0n) is 12.5. The van der Waals surface area contributed by atoms with Crippen molar-refractivity contribution in [3.8, 4) is 11.5 Å². The predicted molar refractivity (Wildman–Crippen MR) is 89.1 cm³/mol. The molecule has 1 aliphatic rings. The van der Waals surface area contributed by atoms with E-state index in [2.05, 4.69) is 10.6 Å². The van der Waals surface area contributed by atoms with Crippen LogP contribution in [-0.2, 0) is 0 Å². The third kappa shape index (κ3) is 4.22. The van der Waals surface area contributed by atoms with E-state index in [1.165, 1.54) is 12.8 Å². The summed E-state index contributed by atoms with van der Waals surface area (Å²) in [7, 11) is 3.22. The molecule has 0 aromatic heterocycles. The van der Waals surface area contributed by atoms with Gasteiger partial charge in [-0.15, -0.1) is 0 Å². The van der Waals surface area contributed by atoms with Gasteiger partial charge < -0.3 is 25.8 Å². The van der Waals surface area contributed by atoms with Gasteiger partial charge in [0.2, 0.25) is 0 Å². The van der Waals surface area contributed by atoms with Crippen molar-refractivity contribution >= 4 is 23.0 Å². The number of thiocarbonyl (C=S) groups is 1. The third-order valence-corrected chi connectivity index (χ3v) is 4.00. The number of methoxy groups -OCH3 is 2. The molecule has 0 aliphatic heterocycles. The number of hydrogen-bond donors (Lipinski definition) is 3. The molecule has 1 aromatic carbocycles. The Labute approximate surface area is 131 Å². The Morgan fingerprint density at radius 2 is 1.90 bits per heavy atom. The van der Waals surface area contributed by atoms with Crippen molar-refractivity contribution < 1.29 is 9.47 Å². The highest BCUT2D eigenvalue weighted by molar-refractivity contribution is 7.80. The molecule has 0 spiro atoms. The van der Waals surface area contributed by atoms with E-state index in [-0.39, 0.29) is 12.1 Å². The van der Waals surface area contributed by atoms with Crippen molar-refractivity contribution in [3.63, 3.8) is 0 Å². The average molecular weight is 309 g/mol. The summed E-state index contributed by atoms with van der Waals surface area (Å²) in [6.07, 6.45) is 4.52. The van der Waals surface area contributed by atoms with Gasteiger partial charge in [0.05, 0.1) is 14.2 Å². The van der Waals surface area contributed by atoms with Crippen molar-refractivity contribution in [3.05, 3.63) is 18.2 Å². The molecule has 0 radical (unpaired) electrons. The summed E-state index contributed by atoms with van der Waals surface area (Å²) in [5, 5.41) is 7.06. The largest absolute Gasteiger partial charge is 0.493 e. The van der Waals surface area contributed by atoms with E-state index in [1.54, 1.807) is 14.2 Å². The van der Waals surface area contributed by atoms with Crippen LogP contribution in [0.4, 0.5) is 5.69 Å². The second-order valence-electron chi connectivity index (χ2n) is 5.22. The molecule has 1 aromatic rings. The van der Waals surface area contributed by atoms with Gasteiger partial charge in [0.1, 0.15) is 0 Å². The van der Waals surface area contributed by atoms with Crippen molar-refractivity contribution in [2.45, 2.75) is 37.8 Å². The van der Waals surface area contributed by atoms with Crippen LogP contribution in [0.3, 0.4) is 0 Å². The minimum atomic E-state index is 0.170. The number of rotatable bonds is 4. The first kappa shape index (κ1) is 15.9. The number of ether oxygens (including phenoxy) is 2. The second kappa shape index (κ2) is 7.47. The first-order valence-corrected chi connectivity index (χ1v) is 7.60. The second-order valence-corrected chi connectivity index (χ2v) is 5.63. The molecule has 6 heteroatoms. The SMILES string of the molecule is COc1ccc(NC(=S)N[C@H]2CCCC[C@H]2N)cc1OC. The minimum Gasteiger partial charge on any atom is -0.493 e. The monoisotopic (exact) mass is 309 g/mol. The van der Waals surface area contributed by atoms with Crippen LogP contribution in [0.2, 0.25) is 0 Å². The summed E-state index contributed by atoms with van der Waals surface area (Å²) in [6.45, 7) is 0. The van der Waals surface area contributed by atoms with Crippen LogP contribution in [0, 0.1) is 0 Å². The Morgan fingerprint density at radius 1 is 1.19 bits per heavy atom. The zero-order valence-corrected chi connectivity index (χ0v) is 13.3. The zero-order chi connectivity index (χ0) is 15.2. The Morgan fingerprint density at radius 3 is 2.57 bits per heavy atom. The lowest BCUT2D eigenvalue weighted by atomic mass is 9.91. The summed E-state index contributed by atoms with van der Waals surface area (Å²) >= 11 is 5.36. The van der Waals surface area contributed by atoms with Crippen molar-refractivity contribution in [2.24, 2.45) is 5.73 Å². The topological polar surface area (TPSA) is 68.5 Å². The number of anilines is 1. The molecule has 2 rings (SSSR count). The average Bonchev–Trinajstić information content (AvgIpc) is 2.49. The maximum atomic E-state index is 6.12. The lowest BCUT2D eigenvalue weighted by Gasteiger charge is -2.30. The highest BCUT2D eigenvalue weighted by Crippen LogP contribution is 2.29. The van der Waals surface area contributed by atoms with Crippen LogP contribution >= 0.6 is 12.2 Å². The molecular weight excluding hydrogens is 286 g/mol. The molecule has 21 heavy (non-hydrogen) atoms. The normalized spacial score (nSPS) is 21.5. The fourth-order valence-corrected chi connectivity index (χ4v) is 2.86. The summed E-state index contributed by atoms with van der Waals surface area (Å²) in [6, 6.07) is 6.02. The van der Waals surface area contributed by atoms with Gasteiger partial charge in [-0.2, -0.15) is 0 Å². The van der Waals surface area contributed by atoms with Gasteiger partial charge in [0.25, 0.3) is 0 Å². The molecule has 0 bridgehead atoms. The lowest BCUT2D eigenvalue weighted by Crippen LogP contribution is -2.50. The Hall–Kier alpha value is -1.53. The number of nitrogens with two attached hydrogens (primary N) is 1. The molecule has 1 aliphatic carbocycles. The summed E-state index contributed by atoms with van der Waals surface area (Å²) < 4.78 is 10.5. The summed E-state index contributed by atoms with van der Waals surface area (Å²) in [5.41, 5.74) is 6.97. The van der Waals surface area contributed by atoms with E-state index in [0.29, 0.717) is 16.6 Å². The van der Waals surface area contributed by atoms with Gasteiger partial charge in [0, 0.05) is 23.8 Å². The smallest absolute Gasteiger partial charge is 0.171 e. The maximum absolute atomic E-state index is 6.12. The van der Waals surface area contributed by atoms with Crippen LogP contribution in [0.25, 0.3) is 0 Å². The number of nitrogens with one attached hydrogen (secondary N) is 2. The standard InChI is InChI=1S/C15H23N3O2S/c1-19-13-8-7-10(9-14(13)20-2)17-15(21)18-12-6-4-3-5-11(12)16/h7-9,11-12H,3-6,16H2,1-2H3,(H2,17,18,21)/t11-,12+/m1/s1. The molecule has 1 fully saturated rings. The molecule has 5 nitrogen and oxygen atoms in total. The van der Waals surface area contributed by atoms with Crippen LogP contribution in [0.15, 0.2) is 18.2 Å². The minimum absolute atomic E-state index is 0.170. The molecule has 1 saturated carbocycles. The Kier molecular flexibility index (Phi) is 5.64. The molecule has 2 atom stereocenters. The van der Waals surface area contributed by atoms with Gasteiger partial charge in [-0.25, -0.2) is 0 Å². The van der Waals surface area contributed by atoms with Gasteiger partial charge in [-0.1, -0.05) is 12.8 Å². The Bertz CT molecular complexity index is 496. The van der Waals surface area contributed by atoms with E-state index < -0.39 is 0 Å². The molecule has 0 unspecified atom stereocenters. The molecule has 0 saturated heterocycles. The molecule has 0 heterocycles. The fraction of sp³-hybridized carbons (Fsp3) is 0.533. The van der Waals surface area contributed by atoms with Crippen molar-refractivity contribution in [2.75, 3.05) is 19.5 Å². The van der Waals surface area contributed by atoms with Gasteiger partial charge in [0.15, 0.2) is 16.6 Å². The molecule has 116 valence electrons. The van der Waals surface area contributed by atoms with Crippen LogP contribution < -0.4 is 25.8 Å². The predicted octanol–water partition coefficient (Wildman–Crippen LogP) is 2.26. The van der Waals surface area contributed by atoms with E-state index in [9.17, 15) is 0 Å². The van der Waals surface area contributed by atoms with Crippen LogP contribution in [0.5, 0.6) is 11.5 Å². The first-order valence-electron chi connectivity index (χ1n) is 7.19. The van der Waals surface area contributed by atoms with Crippen LogP contribution in [0.1, 0.15) is 25.7 Å². The number of hydrogen-bond acceptors (Lipinski definition) is 4. The summed E-state index contributed by atoms with van der Waals surface area (Å²) in [5.74, 6) is 1.36. The molecular formula is C15H23N3O2S. The quantitative estimate of drug-likeness (QED) is 0.741. The van der Waals surface area contributed by atoms with E-state index >= 15 is 0 Å². The van der Waals surface area contributed by atoms with E-state index in [0.717, 1.165) is 18.5 Å². The number of benzene rings is 1. The Balaban J connectivity index is 1.96. The van der Waals surface area contributed by atoms with Crippen molar-refractivity contribution in [1.29, 1.82) is 0 Å². The van der Waals surface area contributed by atoms with E-state index in [1.807, 2.05) is 18.2 Å². The third-order valence-electron chi connectivity index (χ3n) is 3.78. The molecule has 4 N–H and O–H groups in total. The highest BCUT2D eigenvalue weighted by Gasteiger charge is 2.22. The lowest BCUT2D eigenvalue weighted by molar-refractivity contribution is 0.355. The van der Waals surface area contributed by atoms with E-state index in [4.69, 9.17) is 27.4 Å². The van der Waals surface area contributed by atoms with Gasteiger partial charge in [-0.3, -0.25) is 0 Å². The van der Waals surface area contributed by atoms with Gasteiger partial charge >= 0.3 is 0 Å². The highest BCUT2D eigenvalue weighted by atomic mass is 32.1. The first-order chi connectivity index (χ1) is 10.1. The fourth-order valence-electron chi connectivity index (χ4n) is 2.59. The maximum Gasteiger partial charge on any atom is 0.171 e.